The van der Waals surface area contributed by atoms with Gasteiger partial charge in [0.15, 0.2) is 0 Å². The van der Waals surface area contributed by atoms with Crippen molar-refractivity contribution in [2.75, 3.05) is 20.1 Å². The van der Waals surface area contributed by atoms with Crippen LogP contribution in [-0.4, -0.2) is 42.8 Å². The fourth-order valence-electron chi connectivity index (χ4n) is 2.71. The van der Waals surface area contributed by atoms with E-state index in [0.717, 1.165) is 18.4 Å². The summed E-state index contributed by atoms with van der Waals surface area (Å²) in [6.45, 7) is 6.87. The Morgan fingerprint density at radius 1 is 1.35 bits per heavy atom. The van der Waals surface area contributed by atoms with Crippen molar-refractivity contribution in [1.82, 2.24) is 10.2 Å². The summed E-state index contributed by atoms with van der Waals surface area (Å²) in [6, 6.07) is 7.39. The number of hydrogen-bond acceptors (Lipinski definition) is 3. The van der Waals surface area contributed by atoms with E-state index in [0.29, 0.717) is 25.0 Å². The van der Waals surface area contributed by atoms with Crippen molar-refractivity contribution in [3.05, 3.63) is 35.6 Å². The van der Waals surface area contributed by atoms with Crippen molar-refractivity contribution >= 4 is 6.09 Å². The zero-order chi connectivity index (χ0) is 17.0. The van der Waals surface area contributed by atoms with Crippen LogP contribution in [0.25, 0.3) is 0 Å². The van der Waals surface area contributed by atoms with Gasteiger partial charge in [0.2, 0.25) is 0 Å². The Morgan fingerprint density at radius 2 is 2.00 bits per heavy atom. The molecule has 1 aromatic rings. The van der Waals surface area contributed by atoms with Crippen molar-refractivity contribution in [1.29, 1.82) is 0 Å². The Balaban J connectivity index is 1.65. The highest BCUT2D eigenvalue weighted by Crippen LogP contribution is 2.37. The third kappa shape index (κ3) is 5.20. The highest BCUT2D eigenvalue weighted by Gasteiger charge is 2.31. The molecule has 0 radical (unpaired) electrons. The lowest BCUT2D eigenvalue weighted by Gasteiger charge is -2.37. The number of hydrogen-bond donors (Lipinski definition) is 1. The van der Waals surface area contributed by atoms with Gasteiger partial charge in [-0.05, 0) is 51.2 Å². The van der Waals surface area contributed by atoms with Crippen LogP contribution in [0.5, 0.6) is 0 Å². The number of carbonyl (C=O) groups excluding carboxylic acids is 1. The highest BCUT2D eigenvalue weighted by molar-refractivity contribution is 5.67. The molecule has 5 heteroatoms. The van der Waals surface area contributed by atoms with Crippen LogP contribution in [0.4, 0.5) is 9.18 Å². The minimum absolute atomic E-state index is 0.111. The summed E-state index contributed by atoms with van der Waals surface area (Å²) in [5, 5.41) is 3.42. The number of nitrogens with zero attached hydrogens (tertiary/aromatic N) is 1. The van der Waals surface area contributed by atoms with Crippen molar-refractivity contribution in [2.45, 2.75) is 51.2 Å². The maximum Gasteiger partial charge on any atom is 0.410 e. The van der Waals surface area contributed by atoms with E-state index in [1.807, 2.05) is 32.9 Å². The SMILES string of the molecule is CN(CCNC1CC(c2ccccc2F)C1)C(=O)OC(C)(C)C. The average Bonchev–Trinajstić information content (AvgIpc) is 2.40. The summed E-state index contributed by atoms with van der Waals surface area (Å²) in [6.07, 6.45) is 1.57. The zero-order valence-corrected chi connectivity index (χ0v) is 14.4. The molecule has 128 valence electrons. The van der Waals surface area contributed by atoms with Gasteiger partial charge in [-0.2, -0.15) is 0 Å². The van der Waals surface area contributed by atoms with Gasteiger partial charge in [-0.25, -0.2) is 9.18 Å². The fourth-order valence-corrected chi connectivity index (χ4v) is 2.71. The molecule has 2 rings (SSSR count). The van der Waals surface area contributed by atoms with E-state index in [1.54, 1.807) is 18.0 Å². The maximum absolute atomic E-state index is 13.7. The van der Waals surface area contributed by atoms with Gasteiger partial charge in [0.05, 0.1) is 0 Å². The maximum atomic E-state index is 13.7. The van der Waals surface area contributed by atoms with Gasteiger partial charge < -0.3 is 15.0 Å². The minimum Gasteiger partial charge on any atom is -0.444 e. The molecule has 0 heterocycles. The molecule has 1 N–H and O–H groups in total. The van der Waals surface area contributed by atoms with Crippen LogP contribution in [0.1, 0.15) is 45.1 Å². The molecule has 1 aliphatic carbocycles. The second-order valence-electron chi connectivity index (χ2n) is 7.24. The molecule has 0 aliphatic heterocycles. The first-order valence-electron chi connectivity index (χ1n) is 8.18. The molecule has 0 spiro atoms. The lowest BCUT2D eigenvalue weighted by Crippen LogP contribution is -2.44. The van der Waals surface area contributed by atoms with Gasteiger partial charge >= 0.3 is 6.09 Å². The van der Waals surface area contributed by atoms with E-state index in [2.05, 4.69) is 5.32 Å². The summed E-state index contributed by atoms with van der Waals surface area (Å²) in [5.41, 5.74) is 0.344. The summed E-state index contributed by atoms with van der Waals surface area (Å²) >= 11 is 0. The molecule has 0 bridgehead atoms. The standard InChI is InChI=1S/C18H27FN2O2/c1-18(2,3)23-17(22)21(4)10-9-20-14-11-13(12-14)15-7-5-6-8-16(15)19/h5-8,13-14,20H,9-12H2,1-4H3. The van der Waals surface area contributed by atoms with Gasteiger partial charge in [0.1, 0.15) is 11.4 Å². The predicted octanol–water partition coefficient (Wildman–Crippen LogP) is 3.53. The van der Waals surface area contributed by atoms with Crippen LogP contribution < -0.4 is 5.32 Å². The molecule has 0 saturated heterocycles. The van der Waals surface area contributed by atoms with Crippen LogP contribution >= 0.6 is 0 Å². The fraction of sp³-hybridized carbons (Fsp3) is 0.611. The molecule has 0 aromatic heterocycles. The molecule has 1 saturated carbocycles. The molecular weight excluding hydrogens is 295 g/mol. The van der Waals surface area contributed by atoms with E-state index in [4.69, 9.17) is 4.74 Å². The number of carbonyl (C=O) groups is 1. The predicted molar refractivity (Wildman–Crippen MR) is 89.0 cm³/mol. The summed E-state index contributed by atoms with van der Waals surface area (Å²) in [5.74, 6) is 0.192. The number of rotatable bonds is 5. The van der Waals surface area contributed by atoms with Crippen LogP contribution in [0.3, 0.4) is 0 Å². The second kappa shape index (κ2) is 7.30. The van der Waals surface area contributed by atoms with E-state index in [1.165, 1.54) is 6.07 Å². The number of halogens is 1. The first-order chi connectivity index (χ1) is 10.8. The number of amides is 1. The lowest BCUT2D eigenvalue weighted by molar-refractivity contribution is 0.0297. The van der Waals surface area contributed by atoms with Crippen LogP contribution in [0.15, 0.2) is 24.3 Å². The third-order valence-electron chi connectivity index (χ3n) is 4.07. The first-order valence-corrected chi connectivity index (χ1v) is 8.18. The Morgan fingerprint density at radius 3 is 2.61 bits per heavy atom. The van der Waals surface area contributed by atoms with Gasteiger partial charge in [-0.15, -0.1) is 0 Å². The Labute approximate surface area is 138 Å². The Hall–Kier alpha value is -1.62. The number of benzene rings is 1. The third-order valence-corrected chi connectivity index (χ3v) is 4.07. The molecule has 1 amide bonds. The monoisotopic (exact) mass is 322 g/mol. The topological polar surface area (TPSA) is 41.6 Å². The normalized spacial score (nSPS) is 20.7. The van der Waals surface area contributed by atoms with Gasteiger partial charge in [0.25, 0.3) is 0 Å². The van der Waals surface area contributed by atoms with Gasteiger partial charge in [-0.1, -0.05) is 18.2 Å². The average molecular weight is 322 g/mol. The summed E-state index contributed by atoms with van der Waals surface area (Å²) in [7, 11) is 1.73. The number of likely N-dealkylation sites (N-methyl/N-ethyl adjacent to an activating group) is 1. The smallest absolute Gasteiger partial charge is 0.410 e. The van der Waals surface area contributed by atoms with Crippen molar-refractivity contribution in [3.8, 4) is 0 Å². The minimum atomic E-state index is -0.472. The van der Waals surface area contributed by atoms with Crippen molar-refractivity contribution in [2.24, 2.45) is 0 Å². The Kier molecular flexibility index (Phi) is 5.63. The largest absolute Gasteiger partial charge is 0.444 e. The van der Waals surface area contributed by atoms with Gasteiger partial charge in [-0.3, -0.25) is 0 Å². The zero-order valence-electron chi connectivity index (χ0n) is 14.4. The van der Waals surface area contributed by atoms with E-state index >= 15 is 0 Å². The molecule has 0 atom stereocenters. The van der Waals surface area contributed by atoms with Crippen LogP contribution in [0, 0.1) is 5.82 Å². The molecular formula is C18H27FN2O2. The van der Waals surface area contributed by atoms with Crippen molar-refractivity contribution < 1.29 is 13.9 Å². The molecule has 0 unspecified atom stereocenters. The lowest BCUT2D eigenvalue weighted by atomic mass is 9.75. The first kappa shape index (κ1) is 17.7. The summed E-state index contributed by atoms with van der Waals surface area (Å²) < 4.78 is 19.0. The van der Waals surface area contributed by atoms with Crippen molar-refractivity contribution in [3.63, 3.8) is 0 Å². The molecule has 4 nitrogen and oxygen atoms in total. The van der Waals surface area contributed by atoms with Gasteiger partial charge in [0, 0.05) is 26.2 Å². The molecule has 23 heavy (non-hydrogen) atoms. The van der Waals surface area contributed by atoms with E-state index in [-0.39, 0.29) is 11.9 Å². The number of nitrogens with one attached hydrogen (secondary N) is 1. The highest BCUT2D eigenvalue weighted by atomic mass is 19.1. The molecule has 1 aromatic carbocycles. The van der Waals surface area contributed by atoms with E-state index in [9.17, 15) is 9.18 Å². The van der Waals surface area contributed by atoms with Crippen LogP contribution in [-0.2, 0) is 4.74 Å². The quantitative estimate of drug-likeness (QED) is 0.902. The van der Waals surface area contributed by atoms with Crippen LogP contribution in [0.2, 0.25) is 0 Å². The molecule has 1 aliphatic rings. The van der Waals surface area contributed by atoms with E-state index < -0.39 is 5.60 Å². The Bertz CT molecular complexity index is 536. The number of ether oxygens (including phenoxy) is 1. The summed E-state index contributed by atoms with van der Waals surface area (Å²) in [4.78, 5) is 13.4. The molecule has 1 fully saturated rings. The second-order valence-corrected chi connectivity index (χ2v) is 7.24.